The molecule has 2 rings (SSSR count). The van der Waals surface area contributed by atoms with Crippen molar-refractivity contribution in [2.24, 2.45) is 0 Å². The fourth-order valence-electron chi connectivity index (χ4n) is 1.90. The topological polar surface area (TPSA) is 78.6 Å². The summed E-state index contributed by atoms with van der Waals surface area (Å²) >= 11 is 5.94. The molecule has 22 heavy (non-hydrogen) atoms. The van der Waals surface area contributed by atoms with E-state index in [9.17, 15) is 9.59 Å². The van der Waals surface area contributed by atoms with Crippen molar-refractivity contribution in [3.8, 4) is 0 Å². The number of nitrogens with two attached hydrogens (primary N) is 1. The molecular weight excluding hydrogens is 306 g/mol. The molecule has 0 aliphatic heterocycles. The van der Waals surface area contributed by atoms with Crippen LogP contribution in [0.1, 0.15) is 21.5 Å². The van der Waals surface area contributed by atoms with Crippen molar-refractivity contribution in [3.05, 3.63) is 64.2 Å². The SMILES string of the molecule is Nc1ccccc1C(=O)OCc1cc(Cl)ccc1COC=O. The number of nitrogen functional groups attached to an aromatic ring is 1. The standard InChI is InChI=1S/C16H14ClNO4/c17-13-6-5-11(8-21-10-19)12(7-13)9-22-16(20)14-3-1-2-4-15(14)18/h1-7,10H,8-9,18H2. The van der Waals surface area contributed by atoms with Gasteiger partial charge in [0.15, 0.2) is 0 Å². The molecule has 0 spiro atoms. The van der Waals surface area contributed by atoms with Gasteiger partial charge in [-0.3, -0.25) is 4.79 Å². The highest BCUT2D eigenvalue weighted by Gasteiger charge is 2.12. The number of halogens is 1. The van der Waals surface area contributed by atoms with Crippen LogP contribution in [0.15, 0.2) is 42.5 Å². The molecule has 0 aliphatic rings. The van der Waals surface area contributed by atoms with Crippen LogP contribution in [0.2, 0.25) is 5.02 Å². The van der Waals surface area contributed by atoms with Crippen molar-refractivity contribution in [1.82, 2.24) is 0 Å². The lowest BCUT2D eigenvalue weighted by atomic mass is 10.1. The summed E-state index contributed by atoms with van der Waals surface area (Å²) in [4.78, 5) is 22.3. The van der Waals surface area contributed by atoms with Crippen LogP contribution in [0.5, 0.6) is 0 Å². The minimum absolute atomic E-state index is 0.00524. The number of para-hydroxylation sites is 1. The highest BCUT2D eigenvalue weighted by atomic mass is 35.5. The Morgan fingerprint density at radius 3 is 2.64 bits per heavy atom. The van der Waals surface area contributed by atoms with Crippen LogP contribution in [-0.2, 0) is 27.5 Å². The third kappa shape index (κ3) is 3.99. The number of carbonyl (C=O) groups excluding carboxylic acids is 2. The lowest BCUT2D eigenvalue weighted by Crippen LogP contribution is -2.09. The van der Waals surface area contributed by atoms with Gasteiger partial charge >= 0.3 is 5.97 Å². The van der Waals surface area contributed by atoms with Crippen LogP contribution < -0.4 is 5.73 Å². The molecule has 0 saturated heterocycles. The number of anilines is 1. The third-order valence-electron chi connectivity index (χ3n) is 3.01. The molecule has 0 aromatic heterocycles. The Kier molecular flexibility index (Phi) is 5.38. The van der Waals surface area contributed by atoms with Gasteiger partial charge in [0.25, 0.3) is 6.47 Å². The molecular formula is C16H14ClNO4. The zero-order valence-corrected chi connectivity index (χ0v) is 12.4. The molecule has 0 aliphatic carbocycles. The third-order valence-corrected chi connectivity index (χ3v) is 3.25. The molecule has 6 heteroatoms. The predicted octanol–water partition coefficient (Wildman–Crippen LogP) is 2.95. The molecule has 114 valence electrons. The minimum atomic E-state index is -0.527. The lowest BCUT2D eigenvalue weighted by Gasteiger charge is -2.11. The molecule has 2 aromatic carbocycles. The lowest BCUT2D eigenvalue weighted by molar-refractivity contribution is -0.129. The Morgan fingerprint density at radius 1 is 1.14 bits per heavy atom. The molecule has 0 fully saturated rings. The van der Waals surface area contributed by atoms with Gasteiger partial charge in [0.1, 0.15) is 13.2 Å². The maximum Gasteiger partial charge on any atom is 0.340 e. The van der Waals surface area contributed by atoms with E-state index in [2.05, 4.69) is 0 Å². The Bertz CT molecular complexity index is 688. The first-order chi connectivity index (χ1) is 10.6. The van der Waals surface area contributed by atoms with Gasteiger partial charge in [-0.25, -0.2) is 4.79 Å². The zero-order chi connectivity index (χ0) is 15.9. The largest absolute Gasteiger partial charge is 0.463 e. The number of esters is 1. The number of ether oxygens (including phenoxy) is 2. The van der Waals surface area contributed by atoms with E-state index in [1.807, 2.05) is 0 Å². The average Bonchev–Trinajstić information content (AvgIpc) is 2.52. The molecule has 0 atom stereocenters. The molecule has 0 amide bonds. The van der Waals surface area contributed by atoms with Crippen LogP contribution >= 0.6 is 11.6 Å². The van der Waals surface area contributed by atoms with E-state index < -0.39 is 5.97 Å². The number of benzene rings is 2. The summed E-state index contributed by atoms with van der Waals surface area (Å²) in [5.74, 6) is -0.527. The van der Waals surface area contributed by atoms with Crippen molar-refractivity contribution in [1.29, 1.82) is 0 Å². The van der Waals surface area contributed by atoms with E-state index in [1.54, 1.807) is 42.5 Å². The van der Waals surface area contributed by atoms with Crippen LogP contribution in [0.4, 0.5) is 5.69 Å². The van der Waals surface area contributed by atoms with E-state index in [1.165, 1.54) is 0 Å². The van der Waals surface area contributed by atoms with Crippen molar-refractivity contribution >= 4 is 29.7 Å². The van der Waals surface area contributed by atoms with Gasteiger partial charge in [0.2, 0.25) is 0 Å². The highest BCUT2D eigenvalue weighted by Crippen LogP contribution is 2.19. The molecule has 5 nitrogen and oxygen atoms in total. The van der Waals surface area contributed by atoms with E-state index in [4.69, 9.17) is 26.8 Å². The Labute approximate surface area is 132 Å². The predicted molar refractivity (Wildman–Crippen MR) is 82.3 cm³/mol. The van der Waals surface area contributed by atoms with Gasteiger partial charge in [-0.1, -0.05) is 29.8 Å². The normalized spacial score (nSPS) is 10.0. The number of hydrogen-bond donors (Lipinski definition) is 1. The quantitative estimate of drug-likeness (QED) is 0.503. The van der Waals surface area contributed by atoms with Gasteiger partial charge in [-0.05, 0) is 35.4 Å². The first-order valence-electron chi connectivity index (χ1n) is 6.46. The van der Waals surface area contributed by atoms with E-state index in [-0.39, 0.29) is 13.2 Å². The number of carbonyl (C=O) groups is 2. The Balaban J connectivity index is 2.10. The van der Waals surface area contributed by atoms with E-state index in [0.29, 0.717) is 33.9 Å². The summed E-state index contributed by atoms with van der Waals surface area (Å²) in [7, 11) is 0. The maximum atomic E-state index is 12.0. The Morgan fingerprint density at radius 2 is 1.91 bits per heavy atom. The second-order valence-electron chi connectivity index (χ2n) is 4.48. The molecule has 0 bridgehead atoms. The van der Waals surface area contributed by atoms with Gasteiger partial charge < -0.3 is 15.2 Å². The number of rotatable bonds is 6. The van der Waals surface area contributed by atoms with Gasteiger partial charge in [0, 0.05) is 10.7 Å². The summed E-state index contributed by atoms with van der Waals surface area (Å²) < 4.78 is 9.98. The zero-order valence-electron chi connectivity index (χ0n) is 11.6. The van der Waals surface area contributed by atoms with Gasteiger partial charge in [-0.15, -0.1) is 0 Å². The monoisotopic (exact) mass is 319 g/mol. The molecule has 2 aromatic rings. The van der Waals surface area contributed by atoms with Crippen LogP contribution in [0.25, 0.3) is 0 Å². The second kappa shape index (κ2) is 7.47. The van der Waals surface area contributed by atoms with E-state index >= 15 is 0 Å². The van der Waals surface area contributed by atoms with E-state index in [0.717, 1.165) is 0 Å². The fourth-order valence-corrected chi connectivity index (χ4v) is 2.09. The summed E-state index contributed by atoms with van der Waals surface area (Å²) in [5.41, 5.74) is 7.76. The average molecular weight is 320 g/mol. The molecule has 2 N–H and O–H groups in total. The summed E-state index contributed by atoms with van der Waals surface area (Å²) in [6, 6.07) is 11.7. The van der Waals surface area contributed by atoms with Crippen molar-refractivity contribution in [2.75, 3.05) is 5.73 Å². The van der Waals surface area contributed by atoms with Crippen LogP contribution in [0.3, 0.4) is 0 Å². The molecule has 0 heterocycles. The van der Waals surface area contributed by atoms with Gasteiger partial charge in [-0.2, -0.15) is 0 Å². The first kappa shape index (κ1) is 15.9. The molecule has 0 radical (unpaired) electrons. The minimum Gasteiger partial charge on any atom is -0.463 e. The van der Waals surface area contributed by atoms with Gasteiger partial charge in [0.05, 0.1) is 5.56 Å². The van der Waals surface area contributed by atoms with Crippen molar-refractivity contribution in [2.45, 2.75) is 13.2 Å². The summed E-state index contributed by atoms with van der Waals surface area (Å²) in [6.45, 7) is 0.446. The first-order valence-corrected chi connectivity index (χ1v) is 6.84. The summed E-state index contributed by atoms with van der Waals surface area (Å²) in [5, 5.41) is 0.500. The van der Waals surface area contributed by atoms with Crippen molar-refractivity contribution in [3.63, 3.8) is 0 Å². The van der Waals surface area contributed by atoms with Crippen LogP contribution in [-0.4, -0.2) is 12.4 Å². The highest BCUT2D eigenvalue weighted by molar-refractivity contribution is 6.30. The second-order valence-corrected chi connectivity index (χ2v) is 4.92. The number of hydrogen-bond acceptors (Lipinski definition) is 5. The summed E-state index contributed by atoms with van der Waals surface area (Å²) in [6.07, 6.45) is 0. The fraction of sp³-hybridized carbons (Fsp3) is 0.125. The van der Waals surface area contributed by atoms with Crippen LogP contribution in [0, 0.1) is 0 Å². The smallest absolute Gasteiger partial charge is 0.340 e. The molecule has 0 unspecified atom stereocenters. The Hall–Kier alpha value is -2.53. The molecule has 0 saturated carbocycles. The van der Waals surface area contributed by atoms with Crippen molar-refractivity contribution < 1.29 is 19.1 Å². The maximum absolute atomic E-state index is 12.0.